The normalized spacial score (nSPS) is 15.5. The zero-order chi connectivity index (χ0) is 26.4. The second kappa shape index (κ2) is 12.2. The Hall–Kier alpha value is -3.43. The molecule has 1 fully saturated rings. The maximum absolute atomic E-state index is 13.4. The van der Waals surface area contributed by atoms with Crippen LogP contribution in [0, 0.1) is 0 Å². The SMILES string of the molecule is COc1ccccc1N1CCN([C@H](c2cccs2)[C@H](C)NC(=O)c2cc(OC)c(OC)c(OC)c2)CC1. The third kappa shape index (κ3) is 5.78. The van der Waals surface area contributed by atoms with Crippen LogP contribution in [0.25, 0.3) is 0 Å². The van der Waals surface area contributed by atoms with E-state index in [0.717, 1.165) is 37.6 Å². The van der Waals surface area contributed by atoms with E-state index in [2.05, 4.69) is 45.6 Å². The Morgan fingerprint density at radius 3 is 2.08 bits per heavy atom. The van der Waals surface area contributed by atoms with Crippen LogP contribution in [0.5, 0.6) is 23.0 Å². The van der Waals surface area contributed by atoms with Crippen molar-refractivity contribution in [1.29, 1.82) is 0 Å². The van der Waals surface area contributed by atoms with Crippen LogP contribution in [-0.4, -0.2) is 71.5 Å². The van der Waals surface area contributed by atoms with Crippen LogP contribution in [0.15, 0.2) is 53.9 Å². The van der Waals surface area contributed by atoms with Crippen LogP contribution in [0.3, 0.4) is 0 Å². The lowest BCUT2D eigenvalue weighted by molar-refractivity contribution is 0.0889. The molecule has 0 bridgehead atoms. The number of methoxy groups -OCH3 is 4. The lowest BCUT2D eigenvalue weighted by Crippen LogP contribution is -2.52. The van der Waals surface area contributed by atoms with Crippen LogP contribution in [-0.2, 0) is 0 Å². The summed E-state index contributed by atoms with van der Waals surface area (Å²) in [6.45, 7) is 5.54. The summed E-state index contributed by atoms with van der Waals surface area (Å²) in [6, 6.07) is 15.6. The minimum absolute atomic E-state index is 0.0470. The first-order valence-electron chi connectivity index (χ1n) is 12.3. The molecule has 1 saturated heterocycles. The zero-order valence-electron chi connectivity index (χ0n) is 22.0. The fourth-order valence-corrected chi connectivity index (χ4v) is 5.88. The average molecular weight is 526 g/mol. The standard InChI is InChI=1S/C28H35N3O5S/c1-19(29-28(32)20-17-23(34-3)27(36-5)24(18-20)35-4)26(25-11-8-16-37-25)31-14-12-30(13-15-31)21-9-6-7-10-22(21)33-2/h6-11,16-19,26H,12-15H2,1-5H3,(H,29,32)/t19-,26-/m0/s1. The van der Waals surface area contributed by atoms with Gasteiger partial charge in [0.2, 0.25) is 5.75 Å². The summed E-state index contributed by atoms with van der Waals surface area (Å²) >= 11 is 1.71. The van der Waals surface area contributed by atoms with Crippen molar-refractivity contribution in [2.75, 3.05) is 59.5 Å². The monoisotopic (exact) mass is 525 g/mol. The first kappa shape index (κ1) is 26.6. The highest BCUT2D eigenvalue weighted by molar-refractivity contribution is 7.10. The largest absolute Gasteiger partial charge is 0.495 e. The molecule has 198 valence electrons. The molecule has 0 spiro atoms. The Balaban J connectivity index is 1.51. The van der Waals surface area contributed by atoms with Gasteiger partial charge in [0.15, 0.2) is 11.5 Å². The van der Waals surface area contributed by atoms with Gasteiger partial charge in [-0.1, -0.05) is 18.2 Å². The molecule has 1 aliphatic rings. The fraction of sp³-hybridized carbons (Fsp3) is 0.393. The van der Waals surface area contributed by atoms with Crippen molar-refractivity contribution >= 4 is 22.9 Å². The van der Waals surface area contributed by atoms with Crippen LogP contribution >= 0.6 is 11.3 Å². The minimum Gasteiger partial charge on any atom is -0.495 e. The first-order valence-corrected chi connectivity index (χ1v) is 13.1. The van der Waals surface area contributed by atoms with Gasteiger partial charge in [-0.25, -0.2) is 0 Å². The van der Waals surface area contributed by atoms with Crippen LogP contribution < -0.4 is 29.2 Å². The number of thiophene rings is 1. The van der Waals surface area contributed by atoms with Gasteiger partial charge in [-0.05, 0) is 42.6 Å². The molecule has 1 aromatic heterocycles. The predicted octanol–water partition coefficient (Wildman–Crippen LogP) is 4.46. The van der Waals surface area contributed by atoms with E-state index in [1.165, 1.54) is 4.88 Å². The van der Waals surface area contributed by atoms with E-state index in [-0.39, 0.29) is 18.0 Å². The number of carbonyl (C=O) groups is 1. The molecule has 37 heavy (non-hydrogen) atoms. The number of nitrogens with zero attached hydrogens (tertiary/aromatic N) is 2. The molecule has 1 amide bonds. The molecular weight excluding hydrogens is 490 g/mol. The molecule has 2 atom stereocenters. The summed E-state index contributed by atoms with van der Waals surface area (Å²) in [5.74, 6) is 2.04. The number of benzene rings is 2. The quantitative estimate of drug-likeness (QED) is 0.419. The Bertz CT molecular complexity index is 1150. The molecule has 1 aliphatic heterocycles. The van der Waals surface area contributed by atoms with E-state index < -0.39 is 0 Å². The number of piperazine rings is 1. The summed E-state index contributed by atoms with van der Waals surface area (Å²) in [5, 5.41) is 5.31. The van der Waals surface area contributed by atoms with E-state index in [0.29, 0.717) is 22.8 Å². The summed E-state index contributed by atoms with van der Waals surface area (Å²) < 4.78 is 21.8. The topological polar surface area (TPSA) is 72.5 Å². The number of nitrogens with one attached hydrogen (secondary N) is 1. The summed E-state index contributed by atoms with van der Waals surface area (Å²) in [5.41, 5.74) is 1.56. The molecule has 0 aliphatic carbocycles. The highest BCUT2D eigenvalue weighted by Crippen LogP contribution is 2.38. The third-order valence-corrected chi connectivity index (χ3v) is 7.67. The van der Waals surface area contributed by atoms with Crippen LogP contribution in [0.4, 0.5) is 5.69 Å². The highest BCUT2D eigenvalue weighted by atomic mass is 32.1. The highest BCUT2D eigenvalue weighted by Gasteiger charge is 2.32. The van der Waals surface area contributed by atoms with Gasteiger partial charge >= 0.3 is 0 Å². The fourth-order valence-electron chi connectivity index (χ4n) is 4.92. The molecule has 8 nitrogen and oxygen atoms in total. The Kier molecular flexibility index (Phi) is 8.78. The average Bonchev–Trinajstić information content (AvgIpc) is 3.46. The Morgan fingerprint density at radius 2 is 1.51 bits per heavy atom. The molecule has 2 heterocycles. The van der Waals surface area contributed by atoms with Gasteiger partial charge in [0, 0.05) is 42.7 Å². The number of anilines is 1. The summed E-state index contributed by atoms with van der Waals surface area (Å²) in [6.07, 6.45) is 0. The number of para-hydroxylation sites is 2. The number of hydrogen-bond acceptors (Lipinski definition) is 8. The van der Waals surface area contributed by atoms with Gasteiger partial charge in [-0.3, -0.25) is 9.69 Å². The first-order chi connectivity index (χ1) is 18.0. The van der Waals surface area contributed by atoms with Crippen molar-refractivity contribution in [3.63, 3.8) is 0 Å². The van der Waals surface area contributed by atoms with Crippen molar-refractivity contribution in [2.45, 2.75) is 19.0 Å². The smallest absolute Gasteiger partial charge is 0.251 e. The van der Waals surface area contributed by atoms with Crippen molar-refractivity contribution in [2.24, 2.45) is 0 Å². The third-order valence-electron chi connectivity index (χ3n) is 6.73. The van der Waals surface area contributed by atoms with E-state index in [1.807, 2.05) is 18.2 Å². The summed E-state index contributed by atoms with van der Waals surface area (Å²) in [7, 11) is 6.33. The van der Waals surface area contributed by atoms with Crippen molar-refractivity contribution < 1.29 is 23.7 Å². The molecular formula is C28H35N3O5S. The molecule has 4 rings (SSSR count). The molecule has 2 aromatic carbocycles. The molecule has 9 heteroatoms. The zero-order valence-corrected chi connectivity index (χ0v) is 22.8. The lowest BCUT2D eigenvalue weighted by atomic mass is 10.0. The molecule has 0 radical (unpaired) electrons. The number of hydrogen-bond donors (Lipinski definition) is 1. The lowest BCUT2D eigenvalue weighted by Gasteiger charge is -2.42. The van der Waals surface area contributed by atoms with Crippen LogP contribution in [0.2, 0.25) is 0 Å². The van der Waals surface area contributed by atoms with Gasteiger partial charge in [0.25, 0.3) is 5.91 Å². The van der Waals surface area contributed by atoms with E-state index in [4.69, 9.17) is 18.9 Å². The van der Waals surface area contributed by atoms with E-state index in [1.54, 1.807) is 51.9 Å². The van der Waals surface area contributed by atoms with Gasteiger partial charge in [0.1, 0.15) is 5.75 Å². The molecule has 1 N–H and O–H groups in total. The van der Waals surface area contributed by atoms with E-state index in [9.17, 15) is 4.79 Å². The Morgan fingerprint density at radius 1 is 0.865 bits per heavy atom. The second-order valence-corrected chi connectivity index (χ2v) is 9.81. The van der Waals surface area contributed by atoms with Crippen molar-refractivity contribution in [3.8, 4) is 23.0 Å². The number of rotatable bonds is 10. The van der Waals surface area contributed by atoms with Crippen molar-refractivity contribution in [1.82, 2.24) is 10.2 Å². The molecule has 0 saturated carbocycles. The maximum Gasteiger partial charge on any atom is 0.251 e. The number of carbonyl (C=O) groups excluding carboxylic acids is 1. The summed E-state index contributed by atoms with van der Waals surface area (Å²) in [4.78, 5) is 19.4. The van der Waals surface area contributed by atoms with Gasteiger partial charge in [0.05, 0.1) is 40.2 Å². The van der Waals surface area contributed by atoms with Crippen LogP contribution in [0.1, 0.15) is 28.2 Å². The number of ether oxygens (including phenoxy) is 4. The van der Waals surface area contributed by atoms with Gasteiger partial charge < -0.3 is 29.2 Å². The molecule has 3 aromatic rings. The predicted molar refractivity (Wildman–Crippen MR) is 147 cm³/mol. The maximum atomic E-state index is 13.4. The van der Waals surface area contributed by atoms with Gasteiger partial charge in [-0.2, -0.15) is 0 Å². The Labute approximate surface area is 222 Å². The minimum atomic E-state index is -0.194. The van der Waals surface area contributed by atoms with Gasteiger partial charge in [-0.15, -0.1) is 11.3 Å². The number of amides is 1. The second-order valence-electron chi connectivity index (χ2n) is 8.83. The molecule has 0 unspecified atom stereocenters. The van der Waals surface area contributed by atoms with E-state index >= 15 is 0 Å². The van der Waals surface area contributed by atoms with Crippen molar-refractivity contribution in [3.05, 3.63) is 64.4 Å².